The third-order valence-corrected chi connectivity index (χ3v) is 3.05. The van der Waals surface area contributed by atoms with E-state index in [0.29, 0.717) is 12.4 Å². The van der Waals surface area contributed by atoms with Gasteiger partial charge in [-0.3, -0.25) is 0 Å². The molecule has 0 amide bonds. The van der Waals surface area contributed by atoms with Gasteiger partial charge in [-0.25, -0.2) is 4.99 Å². The largest absolute Gasteiger partial charge is 0.370 e. The molecule has 0 saturated heterocycles. The van der Waals surface area contributed by atoms with Crippen LogP contribution in [-0.4, -0.2) is 11.6 Å². The predicted molar refractivity (Wildman–Crippen MR) is 70.6 cm³/mol. The topological polar surface area (TPSA) is 76.4 Å². The normalized spacial score (nSPS) is 23.1. The first kappa shape index (κ1) is 12.0. The zero-order valence-electron chi connectivity index (χ0n) is 9.36. The van der Waals surface area contributed by atoms with E-state index in [9.17, 15) is 0 Å². The highest BCUT2D eigenvalue weighted by atomic mass is 35.5. The highest BCUT2D eigenvalue weighted by Crippen LogP contribution is 2.21. The van der Waals surface area contributed by atoms with Crippen LogP contribution >= 0.6 is 11.6 Å². The van der Waals surface area contributed by atoms with E-state index < -0.39 is 5.66 Å². The Labute approximate surface area is 105 Å². The molecular formula is C12H15ClN4. The van der Waals surface area contributed by atoms with Crippen molar-refractivity contribution in [1.29, 1.82) is 0 Å². The molecule has 0 bridgehead atoms. The molecule has 5 N–H and O–H groups in total. The van der Waals surface area contributed by atoms with Gasteiger partial charge in [-0.15, -0.1) is 0 Å². The number of nitrogens with one attached hydrogen (secondary N) is 1. The van der Waals surface area contributed by atoms with Crippen molar-refractivity contribution in [3.05, 3.63) is 47.1 Å². The lowest BCUT2D eigenvalue weighted by atomic mass is 10.0. The van der Waals surface area contributed by atoms with Crippen LogP contribution in [0.3, 0.4) is 0 Å². The number of benzene rings is 1. The first-order valence-corrected chi connectivity index (χ1v) is 5.79. The van der Waals surface area contributed by atoms with Gasteiger partial charge in [0.25, 0.3) is 0 Å². The van der Waals surface area contributed by atoms with Crippen molar-refractivity contribution in [1.82, 2.24) is 5.32 Å². The quantitative estimate of drug-likeness (QED) is 0.758. The van der Waals surface area contributed by atoms with E-state index in [2.05, 4.69) is 10.3 Å². The van der Waals surface area contributed by atoms with Crippen molar-refractivity contribution in [3.63, 3.8) is 0 Å². The van der Waals surface area contributed by atoms with Crippen molar-refractivity contribution >= 4 is 17.6 Å². The van der Waals surface area contributed by atoms with Crippen LogP contribution in [0.4, 0.5) is 0 Å². The fraction of sp³-hybridized carbons (Fsp3) is 0.250. The first-order valence-electron chi connectivity index (χ1n) is 5.41. The highest BCUT2D eigenvalue weighted by Gasteiger charge is 2.23. The summed E-state index contributed by atoms with van der Waals surface area (Å²) in [5.74, 6) is 0.342. The molecule has 5 heteroatoms. The van der Waals surface area contributed by atoms with Crippen molar-refractivity contribution in [2.24, 2.45) is 16.5 Å². The number of hydrogen-bond donors (Lipinski definition) is 3. The van der Waals surface area contributed by atoms with Crippen molar-refractivity contribution in [3.8, 4) is 0 Å². The molecule has 1 aliphatic heterocycles. The lowest BCUT2D eigenvalue weighted by molar-refractivity contribution is 0.500. The van der Waals surface area contributed by atoms with E-state index in [1.54, 1.807) is 12.3 Å². The predicted octanol–water partition coefficient (Wildman–Crippen LogP) is 1.36. The number of halogens is 1. The molecule has 0 spiro atoms. The summed E-state index contributed by atoms with van der Waals surface area (Å²) in [4.78, 5) is 4.19. The highest BCUT2D eigenvalue weighted by molar-refractivity contribution is 6.31. The van der Waals surface area contributed by atoms with E-state index in [-0.39, 0.29) is 0 Å². The average Bonchev–Trinajstić information content (AvgIpc) is 2.28. The van der Waals surface area contributed by atoms with E-state index >= 15 is 0 Å². The third kappa shape index (κ3) is 2.99. The fourth-order valence-electron chi connectivity index (χ4n) is 1.74. The van der Waals surface area contributed by atoms with Crippen LogP contribution < -0.4 is 16.8 Å². The van der Waals surface area contributed by atoms with Gasteiger partial charge < -0.3 is 16.8 Å². The number of nitrogens with two attached hydrogens (primary N) is 2. The molecular weight excluding hydrogens is 236 g/mol. The van der Waals surface area contributed by atoms with Crippen LogP contribution in [0.25, 0.3) is 0 Å². The molecule has 1 aliphatic rings. The van der Waals surface area contributed by atoms with Crippen LogP contribution in [0.1, 0.15) is 12.0 Å². The summed E-state index contributed by atoms with van der Waals surface area (Å²) in [6.07, 6.45) is 4.95. The molecule has 0 aliphatic carbocycles. The molecule has 0 radical (unpaired) electrons. The average molecular weight is 251 g/mol. The maximum absolute atomic E-state index is 6.11. The second-order valence-corrected chi connectivity index (χ2v) is 4.46. The van der Waals surface area contributed by atoms with Gasteiger partial charge in [0.15, 0.2) is 5.96 Å². The van der Waals surface area contributed by atoms with E-state index in [1.165, 1.54) is 0 Å². The minimum atomic E-state index is -0.742. The van der Waals surface area contributed by atoms with Gasteiger partial charge in [0.05, 0.1) is 0 Å². The molecule has 17 heavy (non-hydrogen) atoms. The van der Waals surface area contributed by atoms with Crippen LogP contribution in [0.5, 0.6) is 0 Å². The first-order chi connectivity index (χ1) is 8.09. The maximum Gasteiger partial charge on any atom is 0.194 e. The summed E-state index contributed by atoms with van der Waals surface area (Å²) in [6.45, 7) is 0. The Bertz CT molecular complexity index is 469. The third-order valence-electron chi connectivity index (χ3n) is 2.68. The number of rotatable bonds is 3. The SMILES string of the molecule is NC1=NC(N)(CCc2ccccc2Cl)C=CN1. The van der Waals surface area contributed by atoms with Gasteiger partial charge in [-0.1, -0.05) is 29.8 Å². The van der Waals surface area contributed by atoms with Gasteiger partial charge >= 0.3 is 0 Å². The molecule has 4 nitrogen and oxygen atoms in total. The number of aryl methyl sites for hydroxylation is 1. The summed E-state index contributed by atoms with van der Waals surface area (Å²) in [7, 11) is 0. The minimum absolute atomic E-state index is 0.342. The smallest absolute Gasteiger partial charge is 0.194 e. The summed E-state index contributed by atoms with van der Waals surface area (Å²) in [5, 5.41) is 3.54. The molecule has 1 aromatic carbocycles. The van der Waals surface area contributed by atoms with Gasteiger partial charge in [-0.05, 0) is 30.5 Å². The lowest BCUT2D eigenvalue weighted by Gasteiger charge is -2.25. The number of nitrogens with zero attached hydrogens (tertiary/aromatic N) is 1. The summed E-state index contributed by atoms with van der Waals surface area (Å²) in [5.41, 5.74) is 12.0. The van der Waals surface area contributed by atoms with Crippen LogP contribution in [0.15, 0.2) is 41.5 Å². The standard InChI is InChI=1S/C12H15ClN4/c13-10-4-2-1-3-9(10)5-6-12(15)7-8-16-11(14)17-12/h1-4,7-8H,5-6,15H2,(H3,14,16,17). The Morgan fingerprint density at radius 2 is 2.12 bits per heavy atom. The van der Waals surface area contributed by atoms with Crippen LogP contribution in [0.2, 0.25) is 5.02 Å². The van der Waals surface area contributed by atoms with Gasteiger partial charge in [0.1, 0.15) is 5.66 Å². The monoisotopic (exact) mass is 250 g/mol. The molecule has 1 aromatic rings. The van der Waals surface area contributed by atoms with E-state index in [1.807, 2.05) is 24.3 Å². The Hall–Kier alpha value is -1.52. The summed E-state index contributed by atoms with van der Waals surface area (Å²) in [6, 6.07) is 7.73. The second kappa shape index (κ2) is 4.77. The molecule has 1 unspecified atom stereocenters. The Balaban J connectivity index is 2.06. The molecule has 0 aromatic heterocycles. The molecule has 2 rings (SSSR count). The number of aliphatic imine (C=N–C) groups is 1. The van der Waals surface area contributed by atoms with Crippen LogP contribution in [-0.2, 0) is 6.42 Å². The zero-order chi connectivity index (χ0) is 12.3. The zero-order valence-corrected chi connectivity index (χ0v) is 10.1. The molecule has 0 saturated carbocycles. The van der Waals surface area contributed by atoms with E-state index in [4.69, 9.17) is 23.1 Å². The molecule has 1 atom stereocenters. The van der Waals surface area contributed by atoms with Crippen molar-refractivity contribution in [2.45, 2.75) is 18.5 Å². The number of guanidine groups is 1. The van der Waals surface area contributed by atoms with Crippen molar-refractivity contribution in [2.75, 3.05) is 0 Å². The Morgan fingerprint density at radius 3 is 2.82 bits per heavy atom. The number of hydrogen-bond acceptors (Lipinski definition) is 4. The molecule has 90 valence electrons. The van der Waals surface area contributed by atoms with Gasteiger partial charge in [-0.2, -0.15) is 0 Å². The lowest BCUT2D eigenvalue weighted by Crippen LogP contribution is -2.44. The van der Waals surface area contributed by atoms with Gasteiger partial charge in [0, 0.05) is 11.2 Å². The van der Waals surface area contributed by atoms with E-state index in [0.717, 1.165) is 17.0 Å². The van der Waals surface area contributed by atoms with Crippen molar-refractivity contribution < 1.29 is 0 Å². The Morgan fingerprint density at radius 1 is 1.35 bits per heavy atom. The second-order valence-electron chi connectivity index (χ2n) is 4.06. The van der Waals surface area contributed by atoms with Gasteiger partial charge in [0.2, 0.25) is 0 Å². The minimum Gasteiger partial charge on any atom is -0.370 e. The maximum atomic E-state index is 6.11. The molecule has 1 heterocycles. The summed E-state index contributed by atoms with van der Waals surface area (Å²) < 4.78 is 0. The fourth-order valence-corrected chi connectivity index (χ4v) is 1.97. The van der Waals surface area contributed by atoms with Crippen LogP contribution in [0, 0.1) is 0 Å². The molecule has 0 fully saturated rings. The Kier molecular flexibility index (Phi) is 3.36. The summed E-state index contributed by atoms with van der Waals surface area (Å²) >= 11 is 6.08.